The van der Waals surface area contributed by atoms with Gasteiger partial charge in [-0.2, -0.15) is 13.2 Å². The van der Waals surface area contributed by atoms with Crippen molar-refractivity contribution in [2.45, 2.75) is 32.0 Å². The Morgan fingerprint density at radius 2 is 1.97 bits per heavy atom. The molecule has 1 aliphatic rings. The number of carbonyl (C=O) groups is 1. The Morgan fingerprint density at radius 1 is 1.16 bits per heavy atom. The second-order valence-corrected chi connectivity index (χ2v) is 7.57. The Bertz CT molecular complexity index is 1140. The van der Waals surface area contributed by atoms with Gasteiger partial charge in [0.15, 0.2) is 0 Å². The largest absolute Gasteiger partial charge is 0.480 e. The number of alkyl halides is 3. The summed E-state index contributed by atoms with van der Waals surface area (Å²) < 4.78 is 38.7. The van der Waals surface area contributed by atoms with Crippen molar-refractivity contribution in [3.05, 3.63) is 60.0 Å². The number of rotatable bonds is 5. The third kappa shape index (κ3) is 4.63. The van der Waals surface area contributed by atoms with Crippen LogP contribution in [0.3, 0.4) is 0 Å². The van der Waals surface area contributed by atoms with Crippen LogP contribution >= 0.6 is 0 Å². The second kappa shape index (κ2) is 8.45. The molecule has 0 spiro atoms. The molecule has 3 aromatic rings. The monoisotopic (exact) mass is 443 g/mol. The third-order valence-electron chi connectivity index (χ3n) is 5.19. The smallest absolute Gasteiger partial charge is 0.433 e. The van der Waals surface area contributed by atoms with Gasteiger partial charge in [0.2, 0.25) is 5.95 Å². The fourth-order valence-electron chi connectivity index (χ4n) is 3.75. The molecule has 7 nitrogen and oxygen atoms in total. The quantitative estimate of drug-likeness (QED) is 0.593. The topological polar surface area (TPSA) is 91.2 Å². The molecule has 0 radical (unpaired) electrons. The summed E-state index contributed by atoms with van der Waals surface area (Å²) in [6.45, 7) is 2.50. The zero-order chi connectivity index (χ0) is 22.9. The first-order valence-electron chi connectivity index (χ1n) is 9.95. The summed E-state index contributed by atoms with van der Waals surface area (Å²) in [6, 6.07) is 9.33. The van der Waals surface area contributed by atoms with Gasteiger partial charge in [-0.3, -0.25) is 0 Å². The number of aliphatic carboxylic acids is 1. The maximum Gasteiger partial charge on any atom is 0.433 e. The van der Waals surface area contributed by atoms with Gasteiger partial charge in [0.05, 0.1) is 0 Å². The van der Waals surface area contributed by atoms with E-state index in [9.17, 15) is 23.1 Å². The van der Waals surface area contributed by atoms with E-state index >= 15 is 0 Å². The average Bonchev–Trinajstić information content (AvgIpc) is 3.23. The van der Waals surface area contributed by atoms with Crippen molar-refractivity contribution in [2.75, 3.05) is 16.8 Å². The number of anilines is 3. The number of pyridine rings is 1. The molecule has 2 N–H and O–H groups in total. The van der Waals surface area contributed by atoms with E-state index in [1.807, 2.05) is 19.1 Å². The van der Waals surface area contributed by atoms with E-state index in [2.05, 4.69) is 20.3 Å². The minimum Gasteiger partial charge on any atom is -0.480 e. The van der Waals surface area contributed by atoms with E-state index in [0.29, 0.717) is 24.5 Å². The highest BCUT2D eigenvalue weighted by atomic mass is 19.4. The van der Waals surface area contributed by atoms with Gasteiger partial charge < -0.3 is 15.3 Å². The normalized spacial score (nSPS) is 16.2. The summed E-state index contributed by atoms with van der Waals surface area (Å²) in [5.41, 5.74) is 1.98. The van der Waals surface area contributed by atoms with Crippen molar-refractivity contribution in [1.82, 2.24) is 15.0 Å². The highest BCUT2D eigenvalue weighted by Gasteiger charge is 2.33. The van der Waals surface area contributed by atoms with Crippen LogP contribution in [-0.2, 0) is 11.0 Å². The highest BCUT2D eigenvalue weighted by molar-refractivity contribution is 5.79. The number of hydrogen-bond donors (Lipinski definition) is 2. The summed E-state index contributed by atoms with van der Waals surface area (Å²) in [5.74, 6) is -0.416. The SMILES string of the molecule is Cc1cc(Nc2nccc(C(F)(F)F)n2)cc(-c2ccc(N3CCCC3C(=O)O)nc2)c1. The molecular weight excluding hydrogens is 423 g/mol. The predicted molar refractivity (Wildman–Crippen MR) is 113 cm³/mol. The van der Waals surface area contributed by atoms with Crippen LogP contribution < -0.4 is 10.2 Å². The molecule has 1 aliphatic heterocycles. The number of nitrogens with zero attached hydrogens (tertiary/aromatic N) is 4. The van der Waals surface area contributed by atoms with E-state index < -0.39 is 23.9 Å². The molecule has 3 heterocycles. The summed E-state index contributed by atoms with van der Waals surface area (Å²) in [6.07, 6.45) is -0.458. The first kappa shape index (κ1) is 21.5. The second-order valence-electron chi connectivity index (χ2n) is 7.57. The molecule has 166 valence electrons. The standard InChI is InChI=1S/C22H20F3N5O2/c1-13-9-15(11-16(10-13)28-21-26-7-6-18(29-21)22(23,24)25)14-4-5-19(27-12-14)30-8-2-3-17(30)20(31)32/h4-7,9-12,17H,2-3,8H2,1H3,(H,31,32)(H,26,28,29). The van der Waals surface area contributed by atoms with Gasteiger partial charge in [-0.15, -0.1) is 0 Å². The number of carboxylic acid groups (broad SMARTS) is 1. The molecular formula is C22H20F3N5O2. The maximum absolute atomic E-state index is 12.9. The summed E-state index contributed by atoms with van der Waals surface area (Å²) in [5, 5.41) is 12.2. The Labute approximate surface area is 182 Å². The van der Waals surface area contributed by atoms with E-state index in [0.717, 1.165) is 35.4 Å². The van der Waals surface area contributed by atoms with Crippen molar-refractivity contribution < 1.29 is 23.1 Å². The van der Waals surface area contributed by atoms with Gasteiger partial charge in [-0.1, -0.05) is 6.07 Å². The first-order chi connectivity index (χ1) is 15.2. The van der Waals surface area contributed by atoms with Crippen molar-refractivity contribution in [1.29, 1.82) is 0 Å². The molecule has 0 aliphatic carbocycles. The minimum absolute atomic E-state index is 0.154. The van der Waals surface area contributed by atoms with Crippen molar-refractivity contribution in [3.63, 3.8) is 0 Å². The zero-order valence-electron chi connectivity index (χ0n) is 17.1. The molecule has 1 atom stereocenters. The Balaban J connectivity index is 1.57. The van der Waals surface area contributed by atoms with Crippen molar-refractivity contribution >= 4 is 23.4 Å². The number of aromatic nitrogens is 3. The molecule has 0 amide bonds. The van der Waals surface area contributed by atoms with Crippen LogP contribution in [-0.4, -0.2) is 38.6 Å². The molecule has 1 unspecified atom stereocenters. The molecule has 0 saturated carbocycles. The summed E-state index contributed by atoms with van der Waals surface area (Å²) in [7, 11) is 0. The Hall–Kier alpha value is -3.69. The van der Waals surface area contributed by atoms with E-state index in [4.69, 9.17) is 0 Å². The van der Waals surface area contributed by atoms with Gasteiger partial charge >= 0.3 is 12.1 Å². The first-order valence-corrected chi connectivity index (χ1v) is 9.95. The summed E-state index contributed by atoms with van der Waals surface area (Å²) >= 11 is 0. The van der Waals surface area contributed by atoms with Crippen LogP contribution in [0.1, 0.15) is 24.1 Å². The van der Waals surface area contributed by atoms with Crippen LogP contribution in [0.5, 0.6) is 0 Å². The molecule has 4 rings (SSSR count). The van der Waals surface area contributed by atoms with Crippen LogP contribution in [0, 0.1) is 6.92 Å². The zero-order valence-corrected chi connectivity index (χ0v) is 17.1. The number of nitrogens with one attached hydrogen (secondary N) is 1. The lowest BCUT2D eigenvalue weighted by molar-refractivity contribution is -0.141. The highest BCUT2D eigenvalue weighted by Crippen LogP contribution is 2.30. The van der Waals surface area contributed by atoms with E-state index in [1.54, 1.807) is 29.3 Å². The van der Waals surface area contributed by atoms with Crippen LogP contribution in [0.4, 0.5) is 30.6 Å². The molecule has 10 heteroatoms. The fourth-order valence-corrected chi connectivity index (χ4v) is 3.75. The maximum atomic E-state index is 12.9. The molecule has 2 aromatic heterocycles. The van der Waals surface area contributed by atoms with Gasteiger partial charge in [0.1, 0.15) is 17.6 Å². The minimum atomic E-state index is -4.56. The molecule has 0 bridgehead atoms. The van der Waals surface area contributed by atoms with E-state index in [1.165, 1.54) is 0 Å². The predicted octanol–water partition coefficient (Wildman–Crippen LogP) is 4.66. The fraction of sp³-hybridized carbons (Fsp3) is 0.273. The van der Waals surface area contributed by atoms with Gasteiger partial charge in [-0.25, -0.2) is 19.7 Å². The van der Waals surface area contributed by atoms with Crippen LogP contribution in [0.2, 0.25) is 0 Å². The average molecular weight is 443 g/mol. The lowest BCUT2D eigenvalue weighted by Crippen LogP contribution is -2.36. The number of halogens is 3. The molecule has 1 aromatic carbocycles. The van der Waals surface area contributed by atoms with Gasteiger partial charge in [0, 0.05) is 30.2 Å². The lowest BCUT2D eigenvalue weighted by atomic mass is 10.0. The number of carboxylic acids is 1. The molecule has 1 fully saturated rings. The van der Waals surface area contributed by atoms with Crippen LogP contribution in [0.25, 0.3) is 11.1 Å². The van der Waals surface area contributed by atoms with Crippen molar-refractivity contribution in [2.24, 2.45) is 0 Å². The third-order valence-corrected chi connectivity index (χ3v) is 5.19. The van der Waals surface area contributed by atoms with Crippen molar-refractivity contribution in [3.8, 4) is 11.1 Å². The lowest BCUT2D eigenvalue weighted by Gasteiger charge is -2.22. The molecule has 1 saturated heterocycles. The summed E-state index contributed by atoms with van der Waals surface area (Å²) in [4.78, 5) is 25.1. The molecule has 32 heavy (non-hydrogen) atoms. The number of aryl methyl sites for hydroxylation is 1. The van der Waals surface area contributed by atoms with E-state index in [-0.39, 0.29) is 5.95 Å². The van der Waals surface area contributed by atoms with Crippen LogP contribution in [0.15, 0.2) is 48.8 Å². The number of benzene rings is 1. The van der Waals surface area contributed by atoms with Gasteiger partial charge in [-0.05, 0) is 61.2 Å². The van der Waals surface area contributed by atoms with Gasteiger partial charge in [0.25, 0.3) is 0 Å². The Kier molecular flexibility index (Phi) is 5.68. The Morgan fingerprint density at radius 3 is 2.66 bits per heavy atom. The number of hydrogen-bond acceptors (Lipinski definition) is 6.